The van der Waals surface area contributed by atoms with E-state index in [0.29, 0.717) is 23.2 Å². The summed E-state index contributed by atoms with van der Waals surface area (Å²) in [6.45, 7) is 3.35. The van der Waals surface area contributed by atoms with Gasteiger partial charge in [0.1, 0.15) is 23.2 Å². The summed E-state index contributed by atoms with van der Waals surface area (Å²) < 4.78 is 13.8. The first kappa shape index (κ1) is 25.7. The summed E-state index contributed by atoms with van der Waals surface area (Å²) in [6, 6.07) is 12.6. The van der Waals surface area contributed by atoms with E-state index in [4.69, 9.17) is 21.2 Å². The first-order chi connectivity index (χ1) is 17.3. The molecule has 1 aliphatic rings. The second kappa shape index (κ2) is 11.5. The Bertz CT molecular complexity index is 1250. The molecule has 0 aliphatic carbocycles. The third-order valence-corrected chi connectivity index (χ3v) is 7.49. The lowest BCUT2D eigenvalue weighted by atomic mass is 10.1. The molecule has 11 heteroatoms. The summed E-state index contributed by atoms with van der Waals surface area (Å²) in [5, 5.41) is 19.1. The lowest BCUT2D eigenvalue weighted by Gasteiger charge is -2.28. The number of nitrogen functional groups attached to an aromatic ring is 1. The maximum absolute atomic E-state index is 12.5. The molecule has 0 radical (unpaired) electrons. The van der Waals surface area contributed by atoms with Crippen molar-refractivity contribution in [2.24, 2.45) is 5.73 Å². The smallest absolute Gasteiger partial charge is 0.305 e. The Kier molecular flexibility index (Phi) is 8.24. The third kappa shape index (κ3) is 6.23. The summed E-state index contributed by atoms with van der Waals surface area (Å²) in [5.41, 5.74) is 9.08. The zero-order valence-electron chi connectivity index (χ0n) is 19.9. The average Bonchev–Trinajstić information content (AvgIpc) is 3.22. The number of nitrogens with zero attached hydrogens (tertiary/aromatic N) is 3. The number of nitrogens with two attached hydrogens (primary N) is 1. The minimum absolute atomic E-state index is 0.00364. The molecule has 4 rings (SSSR count). The highest BCUT2D eigenvalue weighted by Gasteiger charge is 2.20. The number of amidine groups is 1. The topological polar surface area (TPSA) is 160 Å². The molecule has 1 saturated heterocycles. The molecule has 36 heavy (non-hydrogen) atoms. The van der Waals surface area contributed by atoms with Gasteiger partial charge in [-0.15, -0.1) is 0 Å². The molecule has 1 amide bonds. The predicted molar refractivity (Wildman–Crippen MR) is 140 cm³/mol. The van der Waals surface area contributed by atoms with E-state index in [1.165, 1.54) is 0 Å². The molecule has 0 bridgehead atoms. The van der Waals surface area contributed by atoms with E-state index >= 15 is 0 Å². The zero-order valence-corrected chi connectivity index (χ0v) is 20.7. The summed E-state index contributed by atoms with van der Waals surface area (Å²) in [4.78, 5) is 30.4. The first-order valence-corrected chi connectivity index (χ1v) is 13.3. The fourth-order valence-corrected chi connectivity index (χ4v) is 5.38. The summed E-state index contributed by atoms with van der Waals surface area (Å²) in [7, 11) is 0. The van der Waals surface area contributed by atoms with Crippen LogP contribution in [0.1, 0.15) is 28.8 Å². The molecule has 190 valence electrons. The Hall–Kier alpha value is -3.41. The quantitative estimate of drug-likeness (QED) is 0.183. The molecule has 10 nitrogen and oxygen atoms in total. The number of aliphatic carboxylic acids is 1. The van der Waals surface area contributed by atoms with Crippen molar-refractivity contribution in [1.29, 1.82) is 5.41 Å². The highest BCUT2D eigenvalue weighted by molar-refractivity contribution is 7.91. The number of carbonyl (C=O) groups excluding carboxylic acids is 1. The van der Waals surface area contributed by atoms with E-state index < -0.39 is 17.1 Å². The van der Waals surface area contributed by atoms with Gasteiger partial charge in [0, 0.05) is 49.4 Å². The van der Waals surface area contributed by atoms with Crippen LogP contribution in [0.15, 0.2) is 42.5 Å². The second-order valence-electron chi connectivity index (χ2n) is 8.72. The molecule has 3 aromatic rings. The molecule has 1 aromatic heterocycles. The number of amides is 1. The maximum Gasteiger partial charge on any atom is 0.305 e. The van der Waals surface area contributed by atoms with Crippen LogP contribution in [0.3, 0.4) is 0 Å². The van der Waals surface area contributed by atoms with Crippen molar-refractivity contribution < 1.29 is 19.2 Å². The normalized spacial score (nSPS) is 14.7. The average molecular weight is 511 g/mol. The maximum atomic E-state index is 12.5. The van der Waals surface area contributed by atoms with E-state index in [1.807, 2.05) is 18.2 Å². The zero-order chi connectivity index (χ0) is 25.7. The van der Waals surface area contributed by atoms with E-state index in [1.54, 1.807) is 24.3 Å². The number of carboxylic acid groups (broad SMARTS) is 1. The van der Waals surface area contributed by atoms with E-state index in [9.17, 15) is 14.1 Å². The van der Waals surface area contributed by atoms with Crippen LogP contribution in [0, 0.1) is 5.41 Å². The molecule has 0 spiro atoms. The van der Waals surface area contributed by atoms with Crippen LogP contribution < -0.4 is 11.1 Å². The minimum Gasteiger partial charge on any atom is -0.616 e. The van der Waals surface area contributed by atoms with Gasteiger partial charge in [-0.2, -0.15) is 0 Å². The van der Waals surface area contributed by atoms with Crippen molar-refractivity contribution in [3.05, 3.63) is 53.6 Å². The highest BCUT2D eigenvalue weighted by Crippen LogP contribution is 2.26. The molecule has 0 unspecified atom stereocenters. The van der Waals surface area contributed by atoms with Gasteiger partial charge in [-0.1, -0.05) is 35.4 Å². The second-order valence-corrected chi connectivity index (χ2v) is 10.4. The Morgan fingerprint density at radius 3 is 2.47 bits per heavy atom. The molecular weight excluding hydrogens is 480 g/mol. The van der Waals surface area contributed by atoms with Gasteiger partial charge in [-0.05, 0) is 24.6 Å². The molecule has 0 atom stereocenters. The molecular formula is C25H30N6O4S. The number of carbonyl (C=O) groups is 2. The lowest BCUT2D eigenvalue weighted by molar-refractivity contribution is -0.136. The third-order valence-electron chi connectivity index (χ3n) is 6.22. The van der Waals surface area contributed by atoms with Gasteiger partial charge in [0.15, 0.2) is 0 Å². The lowest BCUT2D eigenvalue weighted by Crippen LogP contribution is -2.40. The number of carboxylic acids is 1. The standard InChI is InChI=1S/C25H30N6O4S/c26-23(27)17-2-4-18(5-3-17)24-29-20-16-19(25(34)28-9-8-22(32)33)6-7-21(20)31(24)11-1-10-30-12-14-36(35)15-13-30/h2-7,16H,1,8-15H2,(H3,26,27)(H,28,34)(H,32,33). The van der Waals surface area contributed by atoms with Gasteiger partial charge in [0.25, 0.3) is 5.91 Å². The monoisotopic (exact) mass is 510 g/mol. The van der Waals surface area contributed by atoms with Gasteiger partial charge >= 0.3 is 5.97 Å². The fraction of sp³-hybridized carbons (Fsp3) is 0.360. The Morgan fingerprint density at radius 1 is 1.11 bits per heavy atom. The van der Waals surface area contributed by atoms with Crippen LogP contribution in [0.25, 0.3) is 22.4 Å². The fourth-order valence-electron chi connectivity index (χ4n) is 4.25. The molecule has 2 heterocycles. The van der Waals surface area contributed by atoms with Crippen LogP contribution in [0.5, 0.6) is 0 Å². The minimum atomic E-state index is -0.970. The molecule has 2 aromatic carbocycles. The summed E-state index contributed by atoms with van der Waals surface area (Å²) >= 11 is -0.702. The van der Waals surface area contributed by atoms with Crippen molar-refractivity contribution in [3.63, 3.8) is 0 Å². The highest BCUT2D eigenvalue weighted by atomic mass is 32.2. The Balaban J connectivity index is 1.59. The van der Waals surface area contributed by atoms with Crippen LogP contribution in [-0.4, -0.2) is 79.5 Å². The number of hydrogen-bond acceptors (Lipinski definition) is 6. The largest absolute Gasteiger partial charge is 0.616 e. The van der Waals surface area contributed by atoms with Gasteiger partial charge in [-0.3, -0.25) is 19.9 Å². The Morgan fingerprint density at radius 2 is 1.81 bits per heavy atom. The van der Waals surface area contributed by atoms with Crippen molar-refractivity contribution in [2.75, 3.05) is 37.7 Å². The molecule has 5 N–H and O–H groups in total. The summed E-state index contributed by atoms with van der Waals surface area (Å²) in [6.07, 6.45) is 0.740. The van der Waals surface area contributed by atoms with Crippen molar-refractivity contribution in [1.82, 2.24) is 19.8 Å². The molecule has 1 aliphatic heterocycles. The number of nitrogens with one attached hydrogen (secondary N) is 2. The number of rotatable bonds is 10. The number of aromatic nitrogens is 2. The summed E-state index contributed by atoms with van der Waals surface area (Å²) in [5.74, 6) is 0.877. The Labute approximate surface area is 212 Å². The predicted octanol–water partition coefficient (Wildman–Crippen LogP) is 1.65. The number of hydrogen-bond donors (Lipinski definition) is 4. The first-order valence-electron chi connectivity index (χ1n) is 11.8. The van der Waals surface area contributed by atoms with Gasteiger partial charge < -0.3 is 25.3 Å². The van der Waals surface area contributed by atoms with Crippen molar-refractivity contribution >= 4 is 39.9 Å². The van der Waals surface area contributed by atoms with Crippen LogP contribution in [0.4, 0.5) is 0 Å². The number of aryl methyl sites for hydroxylation is 1. The van der Waals surface area contributed by atoms with Gasteiger partial charge in [0.2, 0.25) is 0 Å². The van der Waals surface area contributed by atoms with E-state index in [0.717, 1.165) is 54.5 Å². The van der Waals surface area contributed by atoms with Crippen LogP contribution in [-0.2, 0) is 22.5 Å². The molecule has 1 fully saturated rings. The number of imidazole rings is 1. The van der Waals surface area contributed by atoms with Gasteiger partial charge in [-0.25, -0.2) is 4.98 Å². The van der Waals surface area contributed by atoms with Gasteiger partial charge in [0.05, 0.1) is 17.5 Å². The van der Waals surface area contributed by atoms with Crippen LogP contribution >= 0.6 is 0 Å². The van der Waals surface area contributed by atoms with E-state index in [2.05, 4.69) is 14.8 Å². The van der Waals surface area contributed by atoms with Crippen molar-refractivity contribution in [2.45, 2.75) is 19.4 Å². The van der Waals surface area contributed by atoms with Crippen LogP contribution in [0.2, 0.25) is 0 Å². The van der Waals surface area contributed by atoms with Crippen molar-refractivity contribution in [3.8, 4) is 11.4 Å². The number of benzene rings is 2. The van der Waals surface area contributed by atoms with E-state index in [-0.39, 0.29) is 24.7 Å². The number of fused-ring (bicyclic) bond motifs is 1. The SMILES string of the molecule is N=C(N)c1ccc(-c2nc3cc(C(=O)NCCC(=O)O)ccc3n2CCCN2CC[S+]([O-])CC2)cc1. The molecule has 0 saturated carbocycles.